The largest absolute Gasteiger partial charge is 0.489 e. The van der Waals surface area contributed by atoms with E-state index >= 15 is 0 Å². The Morgan fingerprint density at radius 1 is 1.18 bits per heavy atom. The highest BCUT2D eigenvalue weighted by Gasteiger charge is 2.07. The maximum atomic E-state index is 13.5. The molecular weight excluding hydrogens is 239 g/mol. The van der Waals surface area contributed by atoms with Gasteiger partial charge in [-0.1, -0.05) is 29.8 Å². The summed E-state index contributed by atoms with van der Waals surface area (Å²) < 4.78 is 19.0. The van der Waals surface area contributed by atoms with Crippen molar-refractivity contribution in [3.8, 4) is 5.75 Å². The first-order valence-electron chi connectivity index (χ1n) is 5.29. The molecule has 0 heterocycles. The van der Waals surface area contributed by atoms with Crippen LogP contribution >= 0.6 is 11.6 Å². The van der Waals surface area contributed by atoms with E-state index in [9.17, 15) is 4.39 Å². The predicted molar refractivity (Wildman–Crippen MR) is 66.9 cm³/mol. The molecule has 0 bridgehead atoms. The quantitative estimate of drug-likeness (QED) is 0.786. The standard InChI is InChI=1S/C14H12ClFO/c1-10-4-2-5-11(8-10)17-9-12-13(15)6-3-7-14(12)16/h2-8H,9H2,1H3. The highest BCUT2D eigenvalue weighted by molar-refractivity contribution is 6.31. The maximum Gasteiger partial charge on any atom is 0.131 e. The van der Waals surface area contributed by atoms with Crippen molar-refractivity contribution >= 4 is 11.6 Å². The molecule has 0 unspecified atom stereocenters. The molecule has 0 aliphatic carbocycles. The lowest BCUT2D eigenvalue weighted by Gasteiger charge is -2.09. The number of halogens is 2. The second-order valence-electron chi connectivity index (χ2n) is 3.81. The molecule has 2 rings (SSSR count). The Morgan fingerprint density at radius 2 is 1.94 bits per heavy atom. The molecule has 0 atom stereocenters. The van der Waals surface area contributed by atoms with Crippen LogP contribution in [0.5, 0.6) is 5.75 Å². The molecule has 0 fully saturated rings. The lowest BCUT2D eigenvalue weighted by atomic mass is 10.2. The predicted octanol–water partition coefficient (Wildman–Crippen LogP) is 4.37. The van der Waals surface area contributed by atoms with E-state index in [2.05, 4.69) is 0 Å². The third-order valence-electron chi connectivity index (χ3n) is 2.43. The monoisotopic (exact) mass is 250 g/mol. The lowest BCUT2D eigenvalue weighted by molar-refractivity contribution is 0.300. The van der Waals surface area contributed by atoms with E-state index < -0.39 is 0 Å². The zero-order chi connectivity index (χ0) is 12.3. The van der Waals surface area contributed by atoms with Crippen molar-refractivity contribution in [1.82, 2.24) is 0 Å². The first-order chi connectivity index (χ1) is 8.16. The van der Waals surface area contributed by atoms with E-state index in [0.717, 1.165) is 5.56 Å². The number of hydrogen-bond acceptors (Lipinski definition) is 1. The molecule has 0 N–H and O–H groups in total. The van der Waals surface area contributed by atoms with Gasteiger partial charge in [-0.25, -0.2) is 4.39 Å². The van der Waals surface area contributed by atoms with Crippen LogP contribution < -0.4 is 4.74 Å². The number of benzene rings is 2. The number of hydrogen-bond donors (Lipinski definition) is 0. The summed E-state index contributed by atoms with van der Waals surface area (Å²) >= 11 is 5.91. The number of aryl methyl sites for hydroxylation is 1. The van der Waals surface area contributed by atoms with Gasteiger partial charge in [0.05, 0.1) is 5.02 Å². The van der Waals surface area contributed by atoms with Crippen molar-refractivity contribution < 1.29 is 9.13 Å². The summed E-state index contributed by atoms with van der Waals surface area (Å²) in [4.78, 5) is 0. The van der Waals surface area contributed by atoms with Gasteiger partial charge in [0.1, 0.15) is 18.2 Å². The van der Waals surface area contributed by atoms with E-state index in [4.69, 9.17) is 16.3 Å². The molecule has 88 valence electrons. The van der Waals surface area contributed by atoms with Crippen LogP contribution in [0.1, 0.15) is 11.1 Å². The van der Waals surface area contributed by atoms with Crippen LogP contribution in [0.15, 0.2) is 42.5 Å². The molecule has 3 heteroatoms. The molecule has 2 aromatic carbocycles. The minimum Gasteiger partial charge on any atom is -0.489 e. The number of rotatable bonds is 3. The Hall–Kier alpha value is -1.54. The molecule has 2 aromatic rings. The van der Waals surface area contributed by atoms with Crippen LogP contribution in [0.25, 0.3) is 0 Å². The summed E-state index contributed by atoms with van der Waals surface area (Å²) in [5.41, 5.74) is 1.48. The normalized spacial score (nSPS) is 10.3. The Balaban J connectivity index is 2.13. The first-order valence-corrected chi connectivity index (χ1v) is 5.67. The van der Waals surface area contributed by atoms with Gasteiger partial charge in [-0.2, -0.15) is 0 Å². The summed E-state index contributed by atoms with van der Waals surface area (Å²) in [6.07, 6.45) is 0. The molecule has 0 aliphatic rings. The van der Waals surface area contributed by atoms with E-state index in [0.29, 0.717) is 16.3 Å². The third kappa shape index (κ3) is 2.98. The molecule has 0 spiro atoms. The Kier molecular flexibility index (Phi) is 3.64. The van der Waals surface area contributed by atoms with Gasteiger partial charge in [-0.3, -0.25) is 0 Å². The van der Waals surface area contributed by atoms with Crippen LogP contribution in [-0.4, -0.2) is 0 Å². The molecule has 0 amide bonds. The second kappa shape index (κ2) is 5.19. The van der Waals surface area contributed by atoms with Crippen molar-refractivity contribution in [2.24, 2.45) is 0 Å². The molecule has 17 heavy (non-hydrogen) atoms. The van der Waals surface area contributed by atoms with E-state index in [1.54, 1.807) is 12.1 Å². The molecular formula is C14H12ClFO. The third-order valence-corrected chi connectivity index (χ3v) is 2.79. The summed E-state index contributed by atoms with van der Waals surface area (Å²) in [7, 11) is 0. The number of ether oxygens (including phenoxy) is 1. The van der Waals surface area contributed by atoms with Crippen molar-refractivity contribution in [2.45, 2.75) is 13.5 Å². The van der Waals surface area contributed by atoms with Crippen LogP contribution in [-0.2, 0) is 6.61 Å². The molecule has 0 aromatic heterocycles. The van der Waals surface area contributed by atoms with Crippen LogP contribution in [0, 0.1) is 12.7 Å². The van der Waals surface area contributed by atoms with Gasteiger partial charge in [-0.05, 0) is 36.8 Å². The van der Waals surface area contributed by atoms with Gasteiger partial charge in [0, 0.05) is 5.56 Å². The summed E-state index contributed by atoms with van der Waals surface area (Å²) in [6, 6.07) is 12.2. The van der Waals surface area contributed by atoms with Crippen molar-refractivity contribution in [3.63, 3.8) is 0 Å². The van der Waals surface area contributed by atoms with Crippen molar-refractivity contribution in [1.29, 1.82) is 0 Å². The summed E-state index contributed by atoms with van der Waals surface area (Å²) in [6.45, 7) is 2.11. The molecule has 0 aliphatic heterocycles. The fourth-order valence-electron chi connectivity index (χ4n) is 1.53. The van der Waals surface area contributed by atoms with Gasteiger partial charge in [0.2, 0.25) is 0 Å². The van der Waals surface area contributed by atoms with Crippen LogP contribution in [0.2, 0.25) is 5.02 Å². The Morgan fingerprint density at radius 3 is 2.65 bits per heavy atom. The van der Waals surface area contributed by atoms with Gasteiger partial charge < -0.3 is 4.74 Å². The summed E-state index contributed by atoms with van der Waals surface area (Å²) in [5, 5.41) is 0.387. The zero-order valence-corrected chi connectivity index (χ0v) is 10.2. The van der Waals surface area contributed by atoms with Crippen molar-refractivity contribution in [3.05, 3.63) is 64.4 Å². The van der Waals surface area contributed by atoms with E-state index in [1.165, 1.54) is 6.07 Å². The van der Waals surface area contributed by atoms with Gasteiger partial charge in [0.15, 0.2) is 0 Å². The first kappa shape index (κ1) is 11.9. The molecule has 0 saturated heterocycles. The van der Waals surface area contributed by atoms with Gasteiger partial charge in [-0.15, -0.1) is 0 Å². The lowest BCUT2D eigenvalue weighted by Crippen LogP contribution is -1.99. The minimum atomic E-state index is -0.342. The Bertz CT molecular complexity index is 505. The van der Waals surface area contributed by atoms with Gasteiger partial charge in [0.25, 0.3) is 0 Å². The van der Waals surface area contributed by atoms with E-state index in [-0.39, 0.29) is 12.4 Å². The Labute approximate surface area is 105 Å². The smallest absolute Gasteiger partial charge is 0.131 e. The average Bonchev–Trinajstić information content (AvgIpc) is 2.28. The molecule has 0 saturated carbocycles. The topological polar surface area (TPSA) is 9.23 Å². The molecule has 1 nitrogen and oxygen atoms in total. The second-order valence-corrected chi connectivity index (χ2v) is 4.21. The maximum absolute atomic E-state index is 13.5. The fraction of sp³-hybridized carbons (Fsp3) is 0.143. The van der Waals surface area contributed by atoms with E-state index in [1.807, 2.05) is 31.2 Å². The molecule has 0 radical (unpaired) electrons. The average molecular weight is 251 g/mol. The SMILES string of the molecule is Cc1cccc(OCc2c(F)cccc2Cl)c1. The highest BCUT2D eigenvalue weighted by Crippen LogP contribution is 2.21. The minimum absolute atomic E-state index is 0.134. The highest BCUT2D eigenvalue weighted by atomic mass is 35.5. The van der Waals surface area contributed by atoms with Gasteiger partial charge >= 0.3 is 0 Å². The summed E-state index contributed by atoms with van der Waals surface area (Å²) in [5.74, 6) is 0.370. The van der Waals surface area contributed by atoms with Crippen molar-refractivity contribution in [2.75, 3.05) is 0 Å². The zero-order valence-electron chi connectivity index (χ0n) is 9.41. The van der Waals surface area contributed by atoms with Crippen LogP contribution in [0.3, 0.4) is 0 Å². The fourth-order valence-corrected chi connectivity index (χ4v) is 1.75. The van der Waals surface area contributed by atoms with Crippen LogP contribution in [0.4, 0.5) is 4.39 Å².